The minimum absolute atomic E-state index is 0.0266. The van der Waals surface area contributed by atoms with Crippen molar-refractivity contribution in [3.63, 3.8) is 0 Å². The molecule has 3 aromatic heterocycles. The molecule has 0 aliphatic carbocycles. The molecule has 0 spiro atoms. The minimum Gasteiger partial charge on any atom is -0.346 e. The van der Waals surface area contributed by atoms with Crippen molar-refractivity contribution in [3.8, 4) is 0 Å². The van der Waals surface area contributed by atoms with Gasteiger partial charge >= 0.3 is 6.30 Å². The number of fused-ring (bicyclic) bond motifs is 3. The molecule has 0 aliphatic heterocycles. The van der Waals surface area contributed by atoms with E-state index < -0.39 is 6.30 Å². The monoisotopic (exact) mass is 226 g/mol. The molecule has 3 aromatic rings. The second kappa shape index (κ2) is 2.75. The van der Waals surface area contributed by atoms with E-state index in [2.05, 4.69) is 15.0 Å². The number of alkyl halides is 3. The van der Waals surface area contributed by atoms with E-state index in [1.54, 1.807) is 12.3 Å². The molecule has 0 bridgehead atoms. The molecule has 0 radical (unpaired) electrons. The number of rotatable bonds is 0. The molecule has 0 aromatic carbocycles. The van der Waals surface area contributed by atoms with Gasteiger partial charge in [-0.05, 0) is 6.07 Å². The number of nitrogens with zero attached hydrogens (tertiary/aromatic N) is 3. The predicted molar refractivity (Wildman–Crippen MR) is 50.7 cm³/mol. The normalized spacial score (nSPS) is 12.7. The molecule has 0 saturated heterocycles. The molecule has 0 aliphatic rings. The van der Waals surface area contributed by atoms with Crippen molar-refractivity contribution in [3.05, 3.63) is 24.8 Å². The molecule has 7 heteroatoms. The van der Waals surface area contributed by atoms with E-state index in [1.807, 2.05) is 0 Å². The number of imidazole rings is 1. The van der Waals surface area contributed by atoms with Gasteiger partial charge in [0.1, 0.15) is 17.5 Å². The Morgan fingerprint density at radius 1 is 1.25 bits per heavy atom. The van der Waals surface area contributed by atoms with Crippen molar-refractivity contribution in [2.75, 3.05) is 0 Å². The smallest absolute Gasteiger partial charge is 0.346 e. The molecule has 0 atom stereocenters. The van der Waals surface area contributed by atoms with Gasteiger partial charge in [-0.15, -0.1) is 13.2 Å². The standard InChI is InChI=1S/C9H5F3N4/c10-9(11,12)16-4-15-6-3-14-8-5(7(6)16)1-2-13-8/h1-4H,(H,13,14). The fraction of sp³-hybridized carbons (Fsp3) is 0.111. The van der Waals surface area contributed by atoms with Crippen LogP contribution >= 0.6 is 0 Å². The van der Waals surface area contributed by atoms with Gasteiger partial charge in [-0.25, -0.2) is 14.5 Å². The molecule has 0 saturated carbocycles. The highest BCUT2D eigenvalue weighted by Crippen LogP contribution is 2.30. The number of hydrogen-bond donors (Lipinski definition) is 1. The van der Waals surface area contributed by atoms with Crippen LogP contribution in [0, 0.1) is 0 Å². The maximum absolute atomic E-state index is 12.7. The van der Waals surface area contributed by atoms with E-state index in [9.17, 15) is 13.2 Å². The van der Waals surface area contributed by atoms with Crippen LogP contribution in [0.4, 0.5) is 13.2 Å². The van der Waals surface area contributed by atoms with E-state index in [4.69, 9.17) is 0 Å². The zero-order chi connectivity index (χ0) is 11.3. The zero-order valence-electron chi connectivity index (χ0n) is 7.78. The number of aromatic nitrogens is 4. The molecule has 0 amide bonds. The van der Waals surface area contributed by atoms with Crippen molar-refractivity contribution < 1.29 is 13.2 Å². The number of H-pyrrole nitrogens is 1. The van der Waals surface area contributed by atoms with Gasteiger partial charge in [-0.2, -0.15) is 0 Å². The number of hydrogen-bond acceptors (Lipinski definition) is 2. The van der Waals surface area contributed by atoms with Crippen molar-refractivity contribution in [2.24, 2.45) is 0 Å². The van der Waals surface area contributed by atoms with Crippen LogP contribution in [0.5, 0.6) is 0 Å². The summed E-state index contributed by atoms with van der Waals surface area (Å²) in [6.07, 6.45) is -0.847. The molecule has 1 N–H and O–H groups in total. The average molecular weight is 226 g/mol. The quantitative estimate of drug-likeness (QED) is 0.639. The lowest BCUT2D eigenvalue weighted by Crippen LogP contribution is -2.15. The molecule has 0 fully saturated rings. The number of pyridine rings is 1. The number of aromatic amines is 1. The molecule has 3 rings (SSSR count). The van der Waals surface area contributed by atoms with Gasteiger partial charge in [-0.3, -0.25) is 0 Å². The maximum atomic E-state index is 12.7. The third-order valence-corrected chi connectivity index (χ3v) is 2.37. The fourth-order valence-electron chi connectivity index (χ4n) is 1.70. The first-order valence-electron chi connectivity index (χ1n) is 4.44. The van der Waals surface area contributed by atoms with E-state index in [-0.39, 0.29) is 15.6 Å². The largest absolute Gasteiger partial charge is 0.490 e. The Morgan fingerprint density at radius 2 is 2.06 bits per heavy atom. The molecule has 3 heterocycles. The van der Waals surface area contributed by atoms with Gasteiger partial charge in [-0.1, -0.05) is 0 Å². The Bertz CT molecular complexity index is 664. The summed E-state index contributed by atoms with van der Waals surface area (Å²) < 4.78 is 38.2. The first kappa shape index (κ1) is 9.20. The SMILES string of the molecule is FC(F)(F)n1cnc2cnc3[nH]ccc3c21. The van der Waals surface area contributed by atoms with Crippen molar-refractivity contribution in [2.45, 2.75) is 6.30 Å². The van der Waals surface area contributed by atoms with Crippen LogP contribution in [0.15, 0.2) is 24.8 Å². The van der Waals surface area contributed by atoms with E-state index in [0.29, 0.717) is 11.0 Å². The molecule has 16 heavy (non-hydrogen) atoms. The molecule has 0 unspecified atom stereocenters. The lowest BCUT2D eigenvalue weighted by atomic mass is 10.3. The van der Waals surface area contributed by atoms with Crippen LogP contribution in [0.25, 0.3) is 22.1 Å². The van der Waals surface area contributed by atoms with Crippen LogP contribution in [-0.2, 0) is 6.30 Å². The summed E-state index contributed by atoms with van der Waals surface area (Å²) in [6, 6.07) is 1.55. The van der Waals surface area contributed by atoms with E-state index in [1.165, 1.54) is 6.20 Å². The van der Waals surface area contributed by atoms with Crippen molar-refractivity contribution in [1.82, 2.24) is 19.5 Å². The summed E-state index contributed by atoms with van der Waals surface area (Å²) >= 11 is 0. The van der Waals surface area contributed by atoms with Gasteiger partial charge < -0.3 is 4.98 Å². The van der Waals surface area contributed by atoms with Gasteiger partial charge in [0.2, 0.25) is 0 Å². The van der Waals surface area contributed by atoms with Crippen LogP contribution in [-0.4, -0.2) is 19.5 Å². The van der Waals surface area contributed by atoms with Crippen molar-refractivity contribution >= 4 is 22.1 Å². The maximum Gasteiger partial charge on any atom is 0.490 e. The molecule has 4 nitrogen and oxygen atoms in total. The Kier molecular flexibility index (Phi) is 1.58. The lowest BCUT2D eigenvalue weighted by molar-refractivity contribution is -0.200. The minimum atomic E-state index is -4.47. The molecular formula is C9H5F3N4. The van der Waals surface area contributed by atoms with Crippen LogP contribution in [0.2, 0.25) is 0 Å². The summed E-state index contributed by atoms with van der Waals surface area (Å²) in [5.41, 5.74) is 0.668. The Labute approximate surface area is 86.7 Å². The summed E-state index contributed by atoms with van der Waals surface area (Å²) in [5, 5.41) is 0.410. The topological polar surface area (TPSA) is 46.5 Å². The third-order valence-electron chi connectivity index (χ3n) is 2.37. The molecule has 82 valence electrons. The number of halogens is 3. The van der Waals surface area contributed by atoms with Crippen LogP contribution in [0.1, 0.15) is 0 Å². The Balaban J connectivity index is 2.51. The lowest BCUT2D eigenvalue weighted by Gasteiger charge is -2.08. The fourth-order valence-corrected chi connectivity index (χ4v) is 1.70. The van der Waals surface area contributed by atoms with Gasteiger partial charge in [0, 0.05) is 11.6 Å². The second-order valence-electron chi connectivity index (χ2n) is 3.31. The first-order chi connectivity index (χ1) is 7.57. The summed E-state index contributed by atoms with van der Waals surface area (Å²) in [4.78, 5) is 10.4. The Morgan fingerprint density at radius 3 is 2.81 bits per heavy atom. The van der Waals surface area contributed by atoms with E-state index in [0.717, 1.165) is 6.33 Å². The summed E-state index contributed by atoms with van der Waals surface area (Å²) in [6.45, 7) is 0. The van der Waals surface area contributed by atoms with Gasteiger partial charge in [0.25, 0.3) is 0 Å². The Hall–Kier alpha value is -2.05. The predicted octanol–water partition coefficient (Wildman–Crippen LogP) is 2.39. The van der Waals surface area contributed by atoms with Gasteiger partial charge in [0.05, 0.1) is 11.7 Å². The van der Waals surface area contributed by atoms with E-state index >= 15 is 0 Å². The summed E-state index contributed by atoms with van der Waals surface area (Å²) in [7, 11) is 0. The van der Waals surface area contributed by atoms with Gasteiger partial charge in [0.15, 0.2) is 0 Å². The third kappa shape index (κ3) is 1.11. The highest BCUT2D eigenvalue weighted by molar-refractivity contribution is 6.00. The highest BCUT2D eigenvalue weighted by atomic mass is 19.4. The van der Waals surface area contributed by atoms with Crippen LogP contribution in [0.3, 0.4) is 0 Å². The highest BCUT2D eigenvalue weighted by Gasteiger charge is 2.32. The summed E-state index contributed by atoms with van der Waals surface area (Å²) in [5.74, 6) is 0. The second-order valence-corrected chi connectivity index (χ2v) is 3.31. The molecular weight excluding hydrogens is 221 g/mol. The zero-order valence-corrected chi connectivity index (χ0v) is 7.78. The first-order valence-corrected chi connectivity index (χ1v) is 4.44. The van der Waals surface area contributed by atoms with Crippen molar-refractivity contribution in [1.29, 1.82) is 0 Å². The average Bonchev–Trinajstić information content (AvgIpc) is 2.81. The van der Waals surface area contributed by atoms with Crippen LogP contribution < -0.4 is 0 Å². The number of nitrogens with one attached hydrogen (secondary N) is 1.